The quantitative estimate of drug-likeness (QED) is 0.765. The number of carbonyl (C=O) groups is 2. The first-order valence-corrected chi connectivity index (χ1v) is 12.4. The van der Waals surface area contributed by atoms with Crippen LogP contribution in [0, 0.1) is 5.41 Å². The zero-order valence-corrected chi connectivity index (χ0v) is 19.4. The van der Waals surface area contributed by atoms with Crippen LogP contribution in [-0.4, -0.2) is 84.7 Å². The third-order valence-electron chi connectivity index (χ3n) is 7.98. The van der Waals surface area contributed by atoms with E-state index in [1.165, 1.54) is 11.1 Å². The first-order chi connectivity index (χ1) is 16.6. The molecule has 4 saturated heterocycles. The van der Waals surface area contributed by atoms with Crippen LogP contribution in [-0.2, 0) is 9.53 Å². The van der Waals surface area contributed by atoms with Gasteiger partial charge >= 0.3 is 6.03 Å². The fourth-order valence-corrected chi connectivity index (χ4v) is 6.31. The summed E-state index contributed by atoms with van der Waals surface area (Å²) in [6.07, 6.45) is 1.85. The Morgan fingerprint density at radius 3 is 2.29 bits per heavy atom. The predicted octanol–water partition coefficient (Wildman–Crippen LogP) is 2.49. The third-order valence-corrected chi connectivity index (χ3v) is 7.98. The van der Waals surface area contributed by atoms with Gasteiger partial charge in [0.1, 0.15) is 6.61 Å². The van der Waals surface area contributed by atoms with Gasteiger partial charge in [-0.15, -0.1) is 0 Å². The summed E-state index contributed by atoms with van der Waals surface area (Å²) in [6.45, 7) is 4.98. The highest BCUT2D eigenvalue weighted by Crippen LogP contribution is 2.45. The SMILES string of the molecule is O=C1COC2CCN(C(=O)N3CCC4(C3)CN(C(c3ccccc3)c3ccccc3)C4)CC2N1. The summed E-state index contributed by atoms with van der Waals surface area (Å²) < 4.78 is 5.65. The summed E-state index contributed by atoms with van der Waals surface area (Å²) in [7, 11) is 0. The van der Waals surface area contributed by atoms with Crippen molar-refractivity contribution in [2.24, 2.45) is 5.41 Å². The minimum Gasteiger partial charge on any atom is -0.366 e. The van der Waals surface area contributed by atoms with Crippen LogP contribution >= 0.6 is 0 Å². The molecular formula is C27H32N4O3. The molecule has 0 radical (unpaired) electrons. The van der Waals surface area contributed by atoms with Crippen LogP contribution in [0.25, 0.3) is 0 Å². The molecule has 0 bridgehead atoms. The largest absolute Gasteiger partial charge is 0.366 e. The number of amides is 3. The van der Waals surface area contributed by atoms with Crippen LogP contribution in [0.1, 0.15) is 30.0 Å². The van der Waals surface area contributed by atoms with Gasteiger partial charge in [-0.1, -0.05) is 60.7 Å². The number of benzene rings is 2. The van der Waals surface area contributed by atoms with E-state index in [4.69, 9.17) is 4.74 Å². The molecule has 178 valence electrons. The van der Waals surface area contributed by atoms with Gasteiger partial charge in [-0.2, -0.15) is 0 Å². The molecule has 3 amide bonds. The Hall–Kier alpha value is -2.90. The second-order valence-corrected chi connectivity index (χ2v) is 10.3. The Labute approximate surface area is 200 Å². The van der Waals surface area contributed by atoms with Gasteiger partial charge in [0.05, 0.1) is 18.2 Å². The molecule has 0 aliphatic carbocycles. The molecule has 34 heavy (non-hydrogen) atoms. The molecule has 2 aromatic carbocycles. The number of rotatable bonds is 3. The van der Waals surface area contributed by atoms with Gasteiger partial charge in [0.2, 0.25) is 5.91 Å². The highest BCUT2D eigenvalue weighted by atomic mass is 16.5. The van der Waals surface area contributed by atoms with Gasteiger partial charge in [0, 0.05) is 44.7 Å². The average Bonchev–Trinajstić information content (AvgIpc) is 3.30. The summed E-state index contributed by atoms with van der Waals surface area (Å²) in [4.78, 5) is 31.5. The summed E-state index contributed by atoms with van der Waals surface area (Å²) in [5, 5.41) is 3.00. The molecule has 1 spiro atoms. The summed E-state index contributed by atoms with van der Waals surface area (Å²) in [5.74, 6) is -0.0865. The Balaban J connectivity index is 1.11. The minimum atomic E-state index is -0.0905. The summed E-state index contributed by atoms with van der Waals surface area (Å²) in [5.41, 5.74) is 2.81. The van der Waals surface area contributed by atoms with E-state index < -0.39 is 0 Å². The van der Waals surface area contributed by atoms with Crippen molar-refractivity contribution in [3.8, 4) is 0 Å². The monoisotopic (exact) mass is 460 g/mol. The molecule has 6 rings (SSSR count). The first-order valence-electron chi connectivity index (χ1n) is 12.4. The van der Waals surface area contributed by atoms with Crippen LogP contribution in [0.4, 0.5) is 4.79 Å². The molecule has 2 atom stereocenters. The molecule has 4 aliphatic rings. The van der Waals surface area contributed by atoms with Gasteiger partial charge in [-0.3, -0.25) is 9.69 Å². The van der Waals surface area contributed by atoms with Crippen molar-refractivity contribution in [1.82, 2.24) is 20.0 Å². The first kappa shape index (κ1) is 21.6. The Morgan fingerprint density at radius 2 is 1.62 bits per heavy atom. The van der Waals surface area contributed by atoms with Crippen LogP contribution in [0.15, 0.2) is 60.7 Å². The molecule has 4 fully saturated rings. The van der Waals surface area contributed by atoms with Gasteiger partial charge in [-0.25, -0.2) is 4.79 Å². The number of carbonyl (C=O) groups excluding carboxylic acids is 2. The fourth-order valence-electron chi connectivity index (χ4n) is 6.31. The second-order valence-electron chi connectivity index (χ2n) is 10.3. The minimum absolute atomic E-state index is 0.0276. The van der Waals surface area contributed by atoms with E-state index in [9.17, 15) is 9.59 Å². The number of likely N-dealkylation sites (tertiary alicyclic amines) is 3. The predicted molar refractivity (Wildman–Crippen MR) is 128 cm³/mol. The molecule has 1 N–H and O–H groups in total. The zero-order chi connectivity index (χ0) is 23.1. The lowest BCUT2D eigenvalue weighted by Crippen LogP contribution is -2.62. The van der Waals surface area contributed by atoms with Gasteiger partial charge in [0.25, 0.3) is 0 Å². The lowest BCUT2D eigenvalue weighted by Gasteiger charge is -2.52. The number of hydrogen-bond acceptors (Lipinski definition) is 4. The van der Waals surface area contributed by atoms with Gasteiger partial charge in [0.15, 0.2) is 0 Å². The second kappa shape index (κ2) is 8.71. The van der Waals surface area contributed by atoms with Crippen LogP contribution in [0.5, 0.6) is 0 Å². The van der Waals surface area contributed by atoms with Crippen molar-refractivity contribution in [2.75, 3.05) is 45.9 Å². The maximum absolute atomic E-state index is 13.3. The smallest absolute Gasteiger partial charge is 0.320 e. The van der Waals surface area contributed by atoms with Crippen molar-refractivity contribution in [3.63, 3.8) is 0 Å². The van der Waals surface area contributed by atoms with Crippen LogP contribution in [0.3, 0.4) is 0 Å². The number of piperidine rings is 1. The number of hydrogen-bond donors (Lipinski definition) is 1. The van der Waals surface area contributed by atoms with Crippen LogP contribution in [0.2, 0.25) is 0 Å². The number of ether oxygens (including phenoxy) is 1. The maximum Gasteiger partial charge on any atom is 0.320 e. The number of morpholine rings is 1. The van der Waals surface area contributed by atoms with E-state index in [1.807, 2.05) is 9.80 Å². The zero-order valence-electron chi connectivity index (χ0n) is 19.4. The fraction of sp³-hybridized carbons (Fsp3) is 0.481. The third kappa shape index (κ3) is 3.97. The lowest BCUT2D eigenvalue weighted by molar-refractivity contribution is -0.139. The molecule has 4 heterocycles. The molecule has 0 aromatic heterocycles. The van der Waals surface area contributed by atoms with E-state index in [1.54, 1.807) is 0 Å². The van der Waals surface area contributed by atoms with Crippen molar-refractivity contribution in [2.45, 2.75) is 31.0 Å². The molecule has 2 unspecified atom stereocenters. The van der Waals surface area contributed by atoms with Gasteiger partial charge < -0.3 is 19.9 Å². The molecule has 0 saturated carbocycles. The maximum atomic E-state index is 13.3. The van der Waals surface area contributed by atoms with E-state index >= 15 is 0 Å². The number of fused-ring (bicyclic) bond motifs is 1. The molecule has 4 aliphatic heterocycles. The highest BCUT2D eigenvalue weighted by molar-refractivity contribution is 5.79. The molecule has 7 heteroatoms. The molecule has 2 aromatic rings. The normalized spacial score (nSPS) is 26.3. The Kier molecular flexibility index (Phi) is 5.54. The van der Waals surface area contributed by atoms with E-state index in [2.05, 4.69) is 70.9 Å². The molecular weight excluding hydrogens is 428 g/mol. The lowest BCUT2D eigenvalue weighted by atomic mass is 9.76. The van der Waals surface area contributed by atoms with Crippen molar-refractivity contribution >= 4 is 11.9 Å². The highest BCUT2D eigenvalue weighted by Gasteiger charge is 2.51. The van der Waals surface area contributed by atoms with E-state index in [-0.39, 0.29) is 42.1 Å². The van der Waals surface area contributed by atoms with E-state index in [0.717, 1.165) is 39.0 Å². The topological polar surface area (TPSA) is 65.1 Å². The van der Waals surface area contributed by atoms with Gasteiger partial charge in [-0.05, 0) is 24.0 Å². The van der Waals surface area contributed by atoms with E-state index in [0.29, 0.717) is 13.1 Å². The summed E-state index contributed by atoms with van der Waals surface area (Å²) >= 11 is 0. The summed E-state index contributed by atoms with van der Waals surface area (Å²) in [6, 6.07) is 21.7. The van der Waals surface area contributed by atoms with Crippen molar-refractivity contribution in [3.05, 3.63) is 71.8 Å². The van der Waals surface area contributed by atoms with Crippen molar-refractivity contribution in [1.29, 1.82) is 0 Å². The molecule has 7 nitrogen and oxygen atoms in total. The number of urea groups is 1. The van der Waals surface area contributed by atoms with Crippen molar-refractivity contribution < 1.29 is 14.3 Å². The standard InChI is InChI=1S/C27H32N4O3/c32-24-16-34-23-11-13-29(15-22(23)28-24)26(33)30-14-12-27(17-30)18-31(19-27)25(20-7-3-1-4-8-20)21-9-5-2-6-10-21/h1-10,22-23,25H,11-19H2,(H,28,32). The average molecular weight is 461 g/mol. The Bertz CT molecular complexity index is 1000. The number of nitrogens with one attached hydrogen (secondary N) is 1. The number of nitrogens with zero attached hydrogens (tertiary/aromatic N) is 3. The van der Waals surface area contributed by atoms with Crippen LogP contribution < -0.4 is 5.32 Å². The Morgan fingerprint density at radius 1 is 0.941 bits per heavy atom.